The Balaban J connectivity index is 1.29. The predicted molar refractivity (Wildman–Crippen MR) is 154 cm³/mol. The van der Waals surface area contributed by atoms with Gasteiger partial charge in [-0.05, 0) is 56.4 Å². The van der Waals surface area contributed by atoms with Crippen molar-refractivity contribution in [1.82, 2.24) is 10.2 Å². The minimum Gasteiger partial charge on any atom is -0.359 e. The molecule has 2 bridgehead atoms. The van der Waals surface area contributed by atoms with E-state index in [1.54, 1.807) is 29.2 Å². The summed E-state index contributed by atoms with van der Waals surface area (Å²) < 4.78 is 6.49. The van der Waals surface area contributed by atoms with E-state index in [1.165, 1.54) is 12.0 Å². The van der Waals surface area contributed by atoms with E-state index in [9.17, 15) is 14.4 Å². The number of benzene rings is 2. The van der Waals surface area contributed by atoms with Crippen molar-refractivity contribution in [3.05, 3.63) is 77.3 Å². The molecule has 1 saturated carbocycles. The number of likely N-dealkylation sites (tertiary alicyclic amines) is 1. The van der Waals surface area contributed by atoms with Crippen LogP contribution in [-0.4, -0.2) is 52.5 Å². The zero-order valence-electron chi connectivity index (χ0n) is 22.7. The number of carbonyl (C=O) groups is 3. The number of halogens is 1. The topological polar surface area (TPSA) is 87.7 Å². The van der Waals surface area contributed by atoms with Crippen LogP contribution in [-0.2, 0) is 25.5 Å². The highest BCUT2D eigenvalue weighted by molar-refractivity contribution is 6.30. The number of hydrogen-bond acceptors (Lipinski definition) is 4. The van der Waals surface area contributed by atoms with Crippen molar-refractivity contribution in [2.75, 3.05) is 5.32 Å². The number of amides is 3. The van der Waals surface area contributed by atoms with E-state index < -0.39 is 29.6 Å². The molecule has 3 amide bonds. The highest BCUT2D eigenvalue weighted by atomic mass is 35.5. The Bertz CT molecular complexity index is 1310. The molecule has 2 aromatic rings. The SMILES string of the molecule is C[C@H](CCc1ccccc1)N1C(=O)[C@@H]2[C@H](C(=O)Nc3cccc(Cl)c3)[C@@H]3C=C[C@@]2(O3)[C@H]1C(=O)NC1CCCCC1. The summed E-state index contributed by atoms with van der Waals surface area (Å²) in [6.07, 6.45) is 9.86. The molecule has 3 fully saturated rings. The maximum Gasteiger partial charge on any atom is 0.246 e. The van der Waals surface area contributed by atoms with Crippen molar-refractivity contribution in [1.29, 1.82) is 0 Å². The van der Waals surface area contributed by atoms with Crippen LogP contribution in [0.3, 0.4) is 0 Å². The lowest BCUT2D eigenvalue weighted by molar-refractivity contribution is -0.143. The lowest BCUT2D eigenvalue weighted by atomic mass is 9.74. The summed E-state index contributed by atoms with van der Waals surface area (Å²) in [6, 6.07) is 16.1. The first-order valence-electron chi connectivity index (χ1n) is 14.5. The molecule has 4 aliphatic rings. The van der Waals surface area contributed by atoms with E-state index in [2.05, 4.69) is 22.8 Å². The molecule has 7 nitrogen and oxygen atoms in total. The average Bonchev–Trinajstić information content (AvgIpc) is 3.60. The number of nitrogens with one attached hydrogen (secondary N) is 2. The fraction of sp³-hybridized carbons (Fsp3) is 0.469. The van der Waals surface area contributed by atoms with Gasteiger partial charge in [0.2, 0.25) is 17.7 Å². The predicted octanol–water partition coefficient (Wildman–Crippen LogP) is 4.90. The molecular weight excluding hydrogens is 526 g/mol. The highest BCUT2D eigenvalue weighted by Crippen LogP contribution is 2.56. The fourth-order valence-electron chi connectivity index (χ4n) is 7.16. The highest BCUT2D eigenvalue weighted by Gasteiger charge is 2.73. The Hall–Kier alpha value is -3.16. The van der Waals surface area contributed by atoms with Crippen molar-refractivity contribution >= 4 is 35.0 Å². The van der Waals surface area contributed by atoms with E-state index in [0.29, 0.717) is 17.1 Å². The number of fused-ring (bicyclic) bond motifs is 1. The van der Waals surface area contributed by atoms with Gasteiger partial charge in [-0.2, -0.15) is 0 Å². The van der Waals surface area contributed by atoms with Gasteiger partial charge in [-0.25, -0.2) is 0 Å². The fourth-order valence-corrected chi connectivity index (χ4v) is 7.35. The number of nitrogens with zero attached hydrogens (tertiary/aromatic N) is 1. The van der Waals surface area contributed by atoms with Gasteiger partial charge in [0, 0.05) is 22.8 Å². The molecule has 6 atom stereocenters. The molecule has 2 N–H and O–H groups in total. The molecule has 0 aromatic heterocycles. The monoisotopic (exact) mass is 561 g/mol. The first kappa shape index (κ1) is 27.0. The molecule has 40 heavy (non-hydrogen) atoms. The van der Waals surface area contributed by atoms with E-state index in [-0.39, 0.29) is 29.8 Å². The first-order chi connectivity index (χ1) is 19.4. The maximum absolute atomic E-state index is 14.3. The Morgan fingerprint density at radius 2 is 1.85 bits per heavy atom. The van der Waals surface area contributed by atoms with Gasteiger partial charge in [-0.3, -0.25) is 14.4 Å². The van der Waals surface area contributed by atoms with Gasteiger partial charge < -0.3 is 20.3 Å². The largest absolute Gasteiger partial charge is 0.359 e. The van der Waals surface area contributed by atoms with Gasteiger partial charge in [-0.1, -0.05) is 79.4 Å². The number of ether oxygens (including phenoxy) is 1. The second-order valence-corrected chi connectivity index (χ2v) is 12.1. The van der Waals surface area contributed by atoms with Gasteiger partial charge in [0.25, 0.3) is 0 Å². The summed E-state index contributed by atoms with van der Waals surface area (Å²) >= 11 is 6.13. The van der Waals surface area contributed by atoms with Crippen LogP contribution in [0.4, 0.5) is 5.69 Å². The van der Waals surface area contributed by atoms with E-state index in [4.69, 9.17) is 16.3 Å². The summed E-state index contributed by atoms with van der Waals surface area (Å²) in [7, 11) is 0. The molecule has 8 heteroatoms. The summed E-state index contributed by atoms with van der Waals surface area (Å²) in [5.41, 5.74) is 0.569. The Labute approximate surface area is 240 Å². The van der Waals surface area contributed by atoms with Crippen molar-refractivity contribution in [2.24, 2.45) is 11.8 Å². The number of aryl methyl sites for hydroxylation is 1. The standard InChI is InChI=1S/C32H36ClN3O4/c1-20(15-16-21-9-4-2-5-10-21)36-28(30(38)34-23-12-6-3-7-13-23)32-18-17-25(40-32)26(27(32)31(36)39)29(37)35-24-14-8-11-22(33)19-24/h2,4-5,8-11,14,17-20,23,25-28H,3,6-7,12-13,15-16H2,1H3,(H,34,38)(H,35,37)/t20-,25+,26-,27+,28-,32+/m1/s1. The molecule has 1 spiro atoms. The second kappa shape index (κ2) is 11.0. The van der Waals surface area contributed by atoms with Crippen LogP contribution in [0.5, 0.6) is 0 Å². The van der Waals surface area contributed by atoms with Crippen LogP contribution in [0.15, 0.2) is 66.7 Å². The number of hydrogen-bond donors (Lipinski definition) is 2. The average molecular weight is 562 g/mol. The van der Waals surface area contributed by atoms with Gasteiger partial charge >= 0.3 is 0 Å². The van der Waals surface area contributed by atoms with Crippen LogP contribution in [0.25, 0.3) is 0 Å². The van der Waals surface area contributed by atoms with E-state index in [0.717, 1.165) is 32.1 Å². The molecule has 0 radical (unpaired) electrons. The smallest absolute Gasteiger partial charge is 0.246 e. The van der Waals surface area contributed by atoms with Crippen LogP contribution in [0, 0.1) is 11.8 Å². The number of rotatable bonds is 8. The lowest BCUT2D eigenvalue weighted by Crippen LogP contribution is -2.58. The van der Waals surface area contributed by atoms with Crippen LogP contribution >= 0.6 is 11.6 Å². The third-order valence-electron chi connectivity index (χ3n) is 9.08. The second-order valence-electron chi connectivity index (χ2n) is 11.7. The van der Waals surface area contributed by atoms with Crippen molar-refractivity contribution in [2.45, 2.75) is 81.7 Å². The lowest BCUT2D eigenvalue weighted by Gasteiger charge is -2.36. The third kappa shape index (κ3) is 4.83. The quantitative estimate of drug-likeness (QED) is 0.449. The molecule has 210 valence electrons. The minimum absolute atomic E-state index is 0.0952. The van der Waals surface area contributed by atoms with Crippen molar-refractivity contribution in [3.8, 4) is 0 Å². The minimum atomic E-state index is -1.17. The van der Waals surface area contributed by atoms with Crippen molar-refractivity contribution < 1.29 is 19.1 Å². The first-order valence-corrected chi connectivity index (χ1v) is 14.9. The summed E-state index contributed by atoms with van der Waals surface area (Å²) in [6.45, 7) is 2.00. The summed E-state index contributed by atoms with van der Waals surface area (Å²) in [4.78, 5) is 43.7. The molecule has 0 unspecified atom stereocenters. The molecule has 3 aliphatic heterocycles. The molecule has 2 saturated heterocycles. The maximum atomic E-state index is 14.3. The molecule has 3 heterocycles. The van der Waals surface area contributed by atoms with Gasteiger partial charge in [-0.15, -0.1) is 0 Å². The normalized spacial score (nSPS) is 29.9. The van der Waals surface area contributed by atoms with Crippen LogP contribution in [0.2, 0.25) is 5.02 Å². The van der Waals surface area contributed by atoms with E-state index >= 15 is 0 Å². The zero-order chi connectivity index (χ0) is 27.9. The Morgan fingerprint density at radius 3 is 2.60 bits per heavy atom. The molecular formula is C32H36ClN3O4. The van der Waals surface area contributed by atoms with Gasteiger partial charge in [0.05, 0.1) is 17.9 Å². The molecule has 6 rings (SSSR count). The van der Waals surface area contributed by atoms with Crippen LogP contribution < -0.4 is 10.6 Å². The number of carbonyl (C=O) groups excluding carboxylic acids is 3. The van der Waals surface area contributed by atoms with E-state index in [1.807, 2.05) is 37.3 Å². The molecule has 1 aliphatic carbocycles. The van der Waals surface area contributed by atoms with Gasteiger partial charge in [0.15, 0.2) is 0 Å². The van der Waals surface area contributed by atoms with Crippen LogP contribution in [0.1, 0.15) is 51.0 Å². The summed E-state index contributed by atoms with van der Waals surface area (Å²) in [5.74, 6) is -2.20. The Morgan fingerprint density at radius 1 is 1.07 bits per heavy atom. The Kier molecular flexibility index (Phi) is 7.44. The van der Waals surface area contributed by atoms with Gasteiger partial charge in [0.1, 0.15) is 11.6 Å². The summed E-state index contributed by atoms with van der Waals surface area (Å²) in [5, 5.41) is 6.70. The molecule has 2 aromatic carbocycles. The number of anilines is 1. The third-order valence-corrected chi connectivity index (χ3v) is 9.31. The van der Waals surface area contributed by atoms with Crippen molar-refractivity contribution in [3.63, 3.8) is 0 Å². The zero-order valence-corrected chi connectivity index (χ0v) is 23.5.